The van der Waals surface area contributed by atoms with E-state index in [0.29, 0.717) is 28.1 Å². The molecule has 7 heteroatoms. The Kier molecular flexibility index (Phi) is 4.96. The number of aryl methyl sites for hydroxylation is 3. The monoisotopic (exact) mass is 393 g/mol. The summed E-state index contributed by atoms with van der Waals surface area (Å²) in [5.41, 5.74) is 2.98. The van der Waals surface area contributed by atoms with Crippen molar-refractivity contribution in [1.82, 2.24) is 19.7 Å². The van der Waals surface area contributed by atoms with Crippen LogP contribution in [0.5, 0.6) is 0 Å². The van der Waals surface area contributed by atoms with Crippen LogP contribution in [0.25, 0.3) is 22.0 Å². The first-order valence-corrected chi connectivity index (χ1v) is 9.47. The molecule has 0 atom stereocenters. The van der Waals surface area contributed by atoms with Gasteiger partial charge in [-0.25, -0.2) is 18.7 Å². The summed E-state index contributed by atoms with van der Waals surface area (Å²) >= 11 is 0. The molecule has 3 aromatic heterocycles. The minimum Gasteiger partial charge on any atom is -0.325 e. The number of fused-ring (bicyclic) bond motifs is 1. The predicted octanol–water partition coefficient (Wildman–Crippen LogP) is 5.31. The molecule has 0 bridgehead atoms. The molecule has 3 heterocycles. The van der Waals surface area contributed by atoms with Crippen LogP contribution >= 0.6 is 0 Å². The van der Waals surface area contributed by atoms with Gasteiger partial charge in [-0.2, -0.15) is 5.10 Å². The Balaban J connectivity index is 1.79. The summed E-state index contributed by atoms with van der Waals surface area (Å²) in [5.74, 6) is 0.0446. The minimum atomic E-state index is -0.521. The Bertz CT molecular complexity index is 1200. The number of hydrogen-bond acceptors (Lipinski definition) is 4. The zero-order valence-electron chi connectivity index (χ0n) is 16.5. The number of nitrogens with zero attached hydrogens (tertiary/aromatic N) is 4. The molecule has 5 nitrogen and oxygen atoms in total. The van der Waals surface area contributed by atoms with Crippen LogP contribution in [0.2, 0.25) is 0 Å². The molecule has 0 spiro atoms. The van der Waals surface area contributed by atoms with Crippen molar-refractivity contribution >= 4 is 22.5 Å². The number of benzene rings is 1. The van der Waals surface area contributed by atoms with Crippen molar-refractivity contribution in [2.45, 2.75) is 26.7 Å². The molecular formula is C22H21F2N5. The molecule has 0 aliphatic rings. The third-order valence-electron chi connectivity index (χ3n) is 4.84. The van der Waals surface area contributed by atoms with Gasteiger partial charge in [0.05, 0.1) is 6.20 Å². The van der Waals surface area contributed by atoms with Crippen LogP contribution < -0.4 is 5.32 Å². The van der Waals surface area contributed by atoms with E-state index in [1.54, 1.807) is 30.1 Å². The Morgan fingerprint density at radius 2 is 1.83 bits per heavy atom. The van der Waals surface area contributed by atoms with Gasteiger partial charge in [-0.3, -0.25) is 4.68 Å². The average molecular weight is 393 g/mol. The van der Waals surface area contributed by atoms with Gasteiger partial charge in [-0.05, 0) is 54.8 Å². The number of rotatable bonds is 5. The molecule has 1 aromatic carbocycles. The fourth-order valence-electron chi connectivity index (χ4n) is 3.46. The summed E-state index contributed by atoms with van der Waals surface area (Å²) in [6.07, 6.45) is 4.48. The Morgan fingerprint density at radius 3 is 2.59 bits per heavy atom. The van der Waals surface area contributed by atoms with Crippen LogP contribution in [0.1, 0.15) is 24.6 Å². The predicted molar refractivity (Wildman–Crippen MR) is 110 cm³/mol. The number of hydrogen-bond donors (Lipinski definition) is 1. The van der Waals surface area contributed by atoms with E-state index in [1.165, 1.54) is 6.07 Å². The fourth-order valence-corrected chi connectivity index (χ4v) is 3.46. The summed E-state index contributed by atoms with van der Waals surface area (Å²) in [7, 11) is 1.80. The number of anilines is 2. The molecular weight excluding hydrogens is 372 g/mol. The van der Waals surface area contributed by atoms with E-state index < -0.39 is 11.6 Å². The summed E-state index contributed by atoms with van der Waals surface area (Å²) in [6, 6.07) is 8.43. The summed E-state index contributed by atoms with van der Waals surface area (Å²) in [5, 5.41) is 8.06. The molecule has 29 heavy (non-hydrogen) atoms. The highest BCUT2D eigenvalue weighted by Gasteiger charge is 2.16. The summed E-state index contributed by atoms with van der Waals surface area (Å²) in [4.78, 5) is 8.32. The quantitative estimate of drug-likeness (QED) is 0.499. The van der Waals surface area contributed by atoms with E-state index in [1.807, 2.05) is 19.1 Å². The largest absolute Gasteiger partial charge is 0.325 e. The van der Waals surface area contributed by atoms with Gasteiger partial charge in [0.2, 0.25) is 0 Å². The van der Waals surface area contributed by atoms with E-state index in [2.05, 4.69) is 27.3 Å². The van der Waals surface area contributed by atoms with Crippen molar-refractivity contribution in [3.63, 3.8) is 0 Å². The van der Waals surface area contributed by atoms with Gasteiger partial charge in [0.15, 0.2) is 5.82 Å². The highest BCUT2D eigenvalue weighted by Crippen LogP contribution is 2.32. The number of nitrogens with one attached hydrogen (secondary N) is 1. The van der Waals surface area contributed by atoms with Crippen LogP contribution in [0.4, 0.5) is 20.4 Å². The van der Waals surface area contributed by atoms with Gasteiger partial charge in [0.25, 0.3) is 0 Å². The maximum Gasteiger partial charge on any atom is 0.151 e. The van der Waals surface area contributed by atoms with Crippen molar-refractivity contribution in [3.8, 4) is 11.1 Å². The zero-order valence-corrected chi connectivity index (χ0v) is 16.5. The van der Waals surface area contributed by atoms with Crippen molar-refractivity contribution in [3.05, 3.63) is 65.6 Å². The second kappa shape index (κ2) is 7.58. The fraction of sp³-hybridized carbons (Fsp3) is 0.227. The molecule has 0 aliphatic heterocycles. The van der Waals surface area contributed by atoms with Gasteiger partial charge < -0.3 is 5.32 Å². The third-order valence-corrected chi connectivity index (χ3v) is 4.84. The van der Waals surface area contributed by atoms with E-state index in [-0.39, 0.29) is 5.56 Å². The van der Waals surface area contributed by atoms with Gasteiger partial charge in [0, 0.05) is 29.9 Å². The third kappa shape index (κ3) is 3.68. The Morgan fingerprint density at radius 1 is 1.03 bits per heavy atom. The zero-order chi connectivity index (χ0) is 20.5. The van der Waals surface area contributed by atoms with Crippen LogP contribution in [-0.4, -0.2) is 19.7 Å². The maximum atomic E-state index is 14.7. The number of halogens is 2. The Labute approximate surface area is 167 Å². The second-order valence-electron chi connectivity index (χ2n) is 7.07. The van der Waals surface area contributed by atoms with Gasteiger partial charge in [-0.1, -0.05) is 13.3 Å². The topological polar surface area (TPSA) is 55.6 Å². The lowest BCUT2D eigenvalue weighted by Crippen LogP contribution is -1.98. The first kappa shape index (κ1) is 19.0. The molecule has 0 aliphatic carbocycles. The normalized spacial score (nSPS) is 11.2. The Hall–Kier alpha value is -3.35. The molecule has 4 rings (SSSR count). The first-order chi connectivity index (χ1) is 14.0. The van der Waals surface area contributed by atoms with Gasteiger partial charge in [0.1, 0.15) is 23.0 Å². The molecule has 0 saturated carbocycles. The van der Waals surface area contributed by atoms with Crippen molar-refractivity contribution < 1.29 is 8.78 Å². The smallest absolute Gasteiger partial charge is 0.151 e. The lowest BCUT2D eigenvalue weighted by molar-refractivity contribution is 0.623. The number of aromatic nitrogens is 4. The van der Waals surface area contributed by atoms with E-state index in [9.17, 15) is 8.78 Å². The maximum absolute atomic E-state index is 14.7. The number of pyridine rings is 2. The van der Waals surface area contributed by atoms with Gasteiger partial charge >= 0.3 is 0 Å². The molecule has 0 radical (unpaired) electrons. The van der Waals surface area contributed by atoms with Crippen LogP contribution in [0.15, 0.2) is 42.7 Å². The van der Waals surface area contributed by atoms with E-state index >= 15 is 0 Å². The molecule has 0 unspecified atom stereocenters. The lowest BCUT2D eigenvalue weighted by atomic mass is 10.0. The van der Waals surface area contributed by atoms with Crippen LogP contribution in [0.3, 0.4) is 0 Å². The minimum absolute atomic E-state index is 0.266. The van der Waals surface area contributed by atoms with Gasteiger partial charge in [-0.15, -0.1) is 0 Å². The highest BCUT2D eigenvalue weighted by molar-refractivity contribution is 5.88. The molecule has 0 amide bonds. The van der Waals surface area contributed by atoms with E-state index in [4.69, 9.17) is 0 Å². The molecule has 4 aromatic rings. The molecule has 0 saturated heterocycles. The molecule has 1 N–H and O–H groups in total. The summed E-state index contributed by atoms with van der Waals surface area (Å²) in [6.45, 7) is 4.01. The van der Waals surface area contributed by atoms with Crippen molar-refractivity contribution in [2.75, 3.05) is 5.32 Å². The molecule has 148 valence electrons. The van der Waals surface area contributed by atoms with Crippen LogP contribution in [0, 0.1) is 18.6 Å². The first-order valence-electron chi connectivity index (χ1n) is 9.47. The second-order valence-corrected chi connectivity index (χ2v) is 7.07. The lowest BCUT2D eigenvalue weighted by Gasteiger charge is -2.09. The van der Waals surface area contributed by atoms with Crippen LogP contribution in [-0.2, 0) is 13.5 Å². The van der Waals surface area contributed by atoms with Crippen molar-refractivity contribution in [1.29, 1.82) is 0 Å². The average Bonchev–Trinajstić information content (AvgIpc) is 3.00. The SMILES string of the molecule is CCCc1c2cc(-c3cc(Nc4cc(C)ccn4)ncc3F)cc(F)c2nn1C. The summed E-state index contributed by atoms with van der Waals surface area (Å²) < 4.78 is 31.0. The standard InChI is InChI=1S/C22H21F2N5/c1-4-5-19-16-9-14(10-17(23)22(16)28-29(19)3)15-11-21(26-12-18(15)24)27-20-8-13(2)6-7-25-20/h6-12H,4-5H2,1-3H3,(H,25,26,27). The molecule has 0 fully saturated rings. The van der Waals surface area contributed by atoms with E-state index in [0.717, 1.165) is 30.3 Å². The van der Waals surface area contributed by atoms with Crippen molar-refractivity contribution in [2.24, 2.45) is 7.05 Å². The highest BCUT2D eigenvalue weighted by atomic mass is 19.1.